The van der Waals surface area contributed by atoms with Crippen LogP contribution in [0.5, 0.6) is 0 Å². The van der Waals surface area contributed by atoms with Crippen LogP contribution in [0.4, 0.5) is 20.6 Å². The second-order valence-electron chi connectivity index (χ2n) is 6.10. The Morgan fingerprint density at radius 3 is 2.93 bits per heavy atom. The van der Waals surface area contributed by atoms with Crippen molar-refractivity contribution in [3.05, 3.63) is 24.0 Å². The molecule has 27 heavy (non-hydrogen) atoms. The van der Waals surface area contributed by atoms with E-state index in [-0.39, 0.29) is 5.17 Å². The predicted molar refractivity (Wildman–Crippen MR) is 105 cm³/mol. The molecule has 1 aromatic rings. The Bertz CT molecular complexity index is 747. The van der Waals surface area contributed by atoms with Gasteiger partial charge in [-0.2, -0.15) is 5.10 Å². The van der Waals surface area contributed by atoms with E-state index in [1.165, 1.54) is 18.1 Å². The lowest BCUT2D eigenvalue weighted by Gasteiger charge is -2.29. The minimum Gasteiger partial charge on any atom is -0.474 e. The maximum Gasteiger partial charge on any atom is 0.414 e. The summed E-state index contributed by atoms with van der Waals surface area (Å²) >= 11 is 4.90. The molecule has 1 amide bonds. The van der Waals surface area contributed by atoms with Crippen LogP contribution >= 0.6 is 12.2 Å². The summed E-state index contributed by atoms with van der Waals surface area (Å²) in [5.41, 5.74) is 0.872. The third-order valence-electron chi connectivity index (χ3n) is 4.40. The number of anilines is 2. The SMILES string of the molecule is CCN1CCN(c2ccc(N3C[C@H](CNC(=S)OC)OC3=O)cc2F)C=N1. The first-order valence-electron chi connectivity index (χ1n) is 8.67. The van der Waals surface area contributed by atoms with E-state index in [0.717, 1.165) is 13.1 Å². The number of ether oxygens (including phenoxy) is 2. The summed E-state index contributed by atoms with van der Waals surface area (Å²) in [7, 11) is 1.46. The predicted octanol–water partition coefficient (Wildman–Crippen LogP) is 1.76. The van der Waals surface area contributed by atoms with Crippen molar-refractivity contribution in [3.63, 3.8) is 0 Å². The number of rotatable bonds is 5. The number of thiocarbonyl (C=S) groups is 1. The van der Waals surface area contributed by atoms with E-state index in [1.54, 1.807) is 23.4 Å². The van der Waals surface area contributed by atoms with Crippen molar-refractivity contribution in [2.75, 3.05) is 49.6 Å². The van der Waals surface area contributed by atoms with Gasteiger partial charge in [-0.05, 0) is 37.3 Å². The molecule has 0 spiro atoms. The molecule has 8 nitrogen and oxygen atoms in total. The number of methoxy groups -OCH3 is 1. The average Bonchev–Trinajstić information content (AvgIpc) is 3.06. The third-order valence-corrected chi connectivity index (χ3v) is 4.72. The zero-order valence-electron chi connectivity index (χ0n) is 15.2. The molecule has 2 aliphatic heterocycles. The Hall–Kier alpha value is -2.62. The number of cyclic esters (lactones) is 1. The molecular formula is C17H22FN5O3S. The largest absolute Gasteiger partial charge is 0.474 e. The van der Waals surface area contributed by atoms with Crippen molar-refractivity contribution in [1.29, 1.82) is 0 Å². The fourth-order valence-corrected chi connectivity index (χ4v) is 2.98. The smallest absolute Gasteiger partial charge is 0.414 e. The van der Waals surface area contributed by atoms with Crippen molar-refractivity contribution < 1.29 is 18.7 Å². The standard InChI is InChI=1S/C17H22FN5O3S/c1-3-22-7-6-21(11-20-22)15-5-4-12(8-14(15)18)23-10-13(26-17(23)24)9-19-16(27)25-2/h4-5,8,11,13H,3,6-7,9-10H2,1-2H3,(H,19,27)/t13-/m0/s1. The Labute approximate surface area is 162 Å². The Morgan fingerprint density at radius 1 is 1.48 bits per heavy atom. The van der Waals surface area contributed by atoms with Crippen molar-refractivity contribution in [3.8, 4) is 0 Å². The van der Waals surface area contributed by atoms with Gasteiger partial charge in [0.2, 0.25) is 0 Å². The summed E-state index contributed by atoms with van der Waals surface area (Å²) in [6.45, 7) is 4.83. The molecule has 2 heterocycles. The van der Waals surface area contributed by atoms with Gasteiger partial charge < -0.3 is 19.7 Å². The highest BCUT2D eigenvalue weighted by Crippen LogP contribution is 2.28. The first kappa shape index (κ1) is 19.2. The lowest BCUT2D eigenvalue weighted by Crippen LogP contribution is -2.38. The van der Waals surface area contributed by atoms with E-state index in [9.17, 15) is 9.18 Å². The molecule has 3 rings (SSSR count). The van der Waals surface area contributed by atoms with Crippen molar-refractivity contribution >= 4 is 41.2 Å². The van der Waals surface area contributed by atoms with Crippen LogP contribution in [0.15, 0.2) is 23.3 Å². The molecule has 1 saturated heterocycles. The van der Waals surface area contributed by atoms with Gasteiger partial charge in [0.05, 0.1) is 38.1 Å². The number of nitrogens with one attached hydrogen (secondary N) is 1. The Morgan fingerprint density at radius 2 is 2.30 bits per heavy atom. The van der Waals surface area contributed by atoms with E-state index in [0.29, 0.717) is 31.0 Å². The number of likely N-dealkylation sites (N-methyl/N-ethyl adjacent to an activating group) is 1. The fraction of sp³-hybridized carbons (Fsp3) is 0.471. The molecule has 0 unspecified atom stereocenters. The van der Waals surface area contributed by atoms with Gasteiger partial charge in [0.25, 0.3) is 5.17 Å². The number of hydrogen-bond acceptors (Lipinski definition) is 7. The van der Waals surface area contributed by atoms with Crippen LogP contribution in [0, 0.1) is 5.82 Å². The van der Waals surface area contributed by atoms with Gasteiger partial charge in [-0.25, -0.2) is 9.18 Å². The van der Waals surface area contributed by atoms with E-state index in [4.69, 9.17) is 21.7 Å². The monoisotopic (exact) mass is 395 g/mol. The van der Waals surface area contributed by atoms with Crippen molar-refractivity contribution in [1.82, 2.24) is 10.3 Å². The molecular weight excluding hydrogens is 373 g/mol. The zero-order chi connectivity index (χ0) is 19.4. The topological polar surface area (TPSA) is 69.6 Å². The first-order valence-corrected chi connectivity index (χ1v) is 9.07. The lowest BCUT2D eigenvalue weighted by molar-refractivity contribution is 0.142. The number of hydrazone groups is 1. The Kier molecular flexibility index (Phi) is 5.94. The normalized spacial score (nSPS) is 19.3. The molecule has 0 saturated carbocycles. The third kappa shape index (κ3) is 4.38. The van der Waals surface area contributed by atoms with E-state index in [2.05, 4.69) is 10.4 Å². The highest BCUT2D eigenvalue weighted by molar-refractivity contribution is 7.80. The zero-order valence-corrected chi connectivity index (χ0v) is 16.0. The van der Waals surface area contributed by atoms with Crippen LogP contribution in [0.3, 0.4) is 0 Å². The van der Waals surface area contributed by atoms with Crippen molar-refractivity contribution in [2.45, 2.75) is 13.0 Å². The summed E-state index contributed by atoms with van der Waals surface area (Å²) in [5.74, 6) is -0.418. The molecule has 1 N–H and O–H groups in total. The molecule has 0 radical (unpaired) electrons. The molecule has 10 heteroatoms. The number of halogens is 1. The van der Waals surface area contributed by atoms with E-state index >= 15 is 0 Å². The van der Waals surface area contributed by atoms with Gasteiger partial charge in [0.1, 0.15) is 18.3 Å². The quantitative estimate of drug-likeness (QED) is 0.762. The summed E-state index contributed by atoms with van der Waals surface area (Å²) in [5, 5.41) is 9.25. The highest BCUT2D eigenvalue weighted by atomic mass is 32.1. The summed E-state index contributed by atoms with van der Waals surface area (Å²) < 4.78 is 24.8. The number of hydrogen-bond donors (Lipinski definition) is 1. The van der Waals surface area contributed by atoms with Crippen LogP contribution in [0.2, 0.25) is 0 Å². The first-order chi connectivity index (χ1) is 13.0. The maximum absolute atomic E-state index is 14.6. The number of carbonyl (C=O) groups excluding carboxylic acids is 1. The van der Waals surface area contributed by atoms with Crippen LogP contribution in [0.25, 0.3) is 0 Å². The molecule has 0 aliphatic carbocycles. The number of nitrogens with zero attached hydrogens (tertiary/aromatic N) is 4. The molecule has 1 fully saturated rings. The van der Waals surface area contributed by atoms with Gasteiger partial charge in [-0.1, -0.05) is 0 Å². The van der Waals surface area contributed by atoms with Crippen LogP contribution in [0.1, 0.15) is 6.92 Å². The van der Waals surface area contributed by atoms with Gasteiger partial charge in [0.15, 0.2) is 0 Å². The molecule has 0 aromatic heterocycles. The molecule has 1 aromatic carbocycles. The summed E-state index contributed by atoms with van der Waals surface area (Å²) in [6.07, 6.45) is 0.702. The highest BCUT2D eigenvalue weighted by Gasteiger charge is 2.33. The number of benzene rings is 1. The minimum absolute atomic E-state index is 0.227. The van der Waals surface area contributed by atoms with Gasteiger partial charge >= 0.3 is 6.09 Å². The minimum atomic E-state index is -0.518. The van der Waals surface area contributed by atoms with E-state index in [1.807, 2.05) is 11.9 Å². The Balaban J connectivity index is 1.67. The number of carbonyl (C=O) groups is 1. The van der Waals surface area contributed by atoms with Crippen LogP contribution in [-0.2, 0) is 9.47 Å². The summed E-state index contributed by atoms with van der Waals surface area (Å²) in [6, 6.07) is 4.69. The molecule has 2 aliphatic rings. The fourth-order valence-electron chi connectivity index (χ4n) is 2.90. The molecule has 146 valence electrons. The van der Waals surface area contributed by atoms with Gasteiger partial charge in [-0.15, -0.1) is 0 Å². The van der Waals surface area contributed by atoms with Crippen LogP contribution in [-0.4, -0.2) is 68.6 Å². The van der Waals surface area contributed by atoms with Gasteiger partial charge in [-0.3, -0.25) is 9.91 Å². The van der Waals surface area contributed by atoms with Crippen LogP contribution < -0.4 is 15.1 Å². The molecule has 1 atom stereocenters. The lowest BCUT2D eigenvalue weighted by atomic mass is 10.2. The molecule has 0 bridgehead atoms. The second kappa shape index (κ2) is 8.38. The number of amides is 1. The second-order valence-corrected chi connectivity index (χ2v) is 6.47. The van der Waals surface area contributed by atoms with E-state index < -0.39 is 18.0 Å². The van der Waals surface area contributed by atoms with Gasteiger partial charge in [0, 0.05) is 13.1 Å². The van der Waals surface area contributed by atoms with Crippen molar-refractivity contribution in [2.24, 2.45) is 5.10 Å². The maximum atomic E-state index is 14.6. The summed E-state index contributed by atoms with van der Waals surface area (Å²) in [4.78, 5) is 15.3. The average molecular weight is 395 g/mol.